The molecule has 0 aromatic heterocycles. The van der Waals surface area contributed by atoms with Crippen molar-refractivity contribution in [2.45, 2.75) is 75.9 Å². The Bertz CT molecular complexity index is 1470. The maximum atomic E-state index is 14.2. The van der Waals surface area contributed by atoms with Crippen molar-refractivity contribution in [3.8, 4) is 0 Å². The SMILES string of the molecule is CCC(C(=O)NC1CCCCC1)N(Cc1ccc(Cl)cc1)C(=O)CN(c1ccccc1C)S(=O)(=O)c1ccc(Cl)cc1. The number of halogens is 2. The molecule has 4 rings (SSSR count). The monoisotopic (exact) mass is 629 g/mol. The maximum Gasteiger partial charge on any atom is 0.264 e. The van der Waals surface area contributed by atoms with Crippen molar-refractivity contribution in [3.63, 3.8) is 0 Å². The van der Waals surface area contributed by atoms with Gasteiger partial charge in [0.25, 0.3) is 10.0 Å². The number of benzene rings is 3. The number of nitrogens with one attached hydrogen (secondary N) is 1. The molecule has 3 aromatic carbocycles. The Labute approximate surface area is 258 Å². The van der Waals surface area contributed by atoms with Crippen LogP contribution in [0.25, 0.3) is 0 Å². The molecule has 3 aromatic rings. The van der Waals surface area contributed by atoms with E-state index in [1.807, 2.05) is 13.0 Å². The predicted molar refractivity (Wildman–Crippen MR) is 168 cm³/mol. The van der Waals surface area contributed by atoms with Gasteiger partial charge in [0.15, 0.2) is 0 Å². The van der Waals surface area contributed by atoms with Gasteiger partial charge in [-0.15, -0.1) is 0 Å². The van der Waals surface area contributed by atoms with Crippen molar-refractivity contribution in [3.05, 3.63) is 94.0 Å². The molecule has 0 bridgehead atoms. The number of rotatable bonds is 11. The third-order valence-corrected chi connectivity index (χ3v) is 9.95. The summed E-state index contributed by atoms with van der Waals surface area (Å²) in [5.41, 5.74) is 1.85. The number of sulfonamides is 1. The summed E-state index contributed by atoms with van der Waals surface area (Å²) in [5, 5.41) is 4.11. The number of nitrogens with zero attached hydrogens (tertiary/aromatic N) is 2. The predicted octanol–water partition coefficient (Wildman–Crippen LogP) is 6.75. The highest BCUT2D eigenvalue weighted by Crippen LogP contribution is 2.28. The zero-order valence-electron chi connectivity index (χ0n) is 23.9. The highest BCUT2D eigenvalue weighted by molar-refractivity contribution is 7.92. The van der Waals surface area contributed by atoms with Crippen LogP contribution in [0.3, 0.4) is 0 Å². The van der Waals surface area contributed by atoms with Crippen LogP contribution in [0.4, 0.5) is 5.69 Å². The number of aryl methyl sites for hydroxylation is 1. The van der Waals surface area contributed by atoms with E-state index in [-0.39, 0.29) is 23.4 Å². The van der Waals surface area contributed by atoms with Gasteiger partial charge in [-0.1, -0.05) is 79.7 Å². The van der Waals surface area contributed by atoms with Gasteiger partial charge in [0.1, 0.15) is 12.6 Å². The Morgan fingerprint density at radius 3 is 2.10 bits per heavy atom. The van der Waals surface area contributed by atoms with Crippen molar-refractivity contribution >= 4 is 50.7 Å². The van der Waals surface area contributed by atoms with E-state index in [0.717, 1.165) is 42.0 Å². The van der Waals surface area contributed by atoms with Gasteiger partial charge in [-0.25, -0.2) is 8.42 Å². The highest BCUT2D eigenvalue weighted by Gasteiger charge is 2.34. The lowest BCUT2D eigenvalue weighted by Crippen LogP contribution is -2.54. The summed E-state index contributed by atoms with van der Waals surface area (Å²) in [6.45, 7) is 3.28. The quantitative estimate of drug-likeness (QED) is 0.254. The van der Waals surface area contributed by atoms with Gasteiger partial charge >= 0.3 is 0 Å². The maximum absolute atomic E-state index is 14.2. The first-order valence-electron chi connectivity index (χ1n) is 14.3. The second-order valence-corrected chi connectivity index (χ2v) is 13.4. The van der Waals surface area contributed by atoms with E-state index in [0.29, 0.717) is 27.7 Å². The number of carbonyl (C=O) groups is 2. The van der Waals surface area contributed by atoms with E-state index in [2.05, 4.69) is 5.32 Å². The Morgan fingerprint density at radius 1 is 0.905 bits per heavy atom. The first-order chi connectivity index (χ1) is 20.1. The van der Waals surface area contributed by atoms with Gasteiger partial charge in [-0.05, 0) is 79.8 Å². The fourth-order valence-electron chi connectivity index (χ4n) is 5.34. The molecule has 224 valence electrons. The van der Waals surface area contributed by atoms with Crippen molar-refractivity contribution < 1.29 is 18.0 Å². The van der Waals surface area contributed by atoms with Crippen molar-refractivity contribution in [2.24, 2.45) is 0 Å². The van der Waals surface area contributed by atoms with Crippen molar-refractivity contribution in [1.82, 2.24) is 10.2 Å². The molecule has 1 atom stereocenters. The summed E-state index contributed by atoms with van der Waals surface area (Å²) in [5.74, 6) is -0.717. The average Bonchev–Trinajstić information content (AvgIpc) is 2.98. The number of para-hydroxylation sites is 1. The first-order valence-corrected chi connectivity index (χ1v) is 16.5. The van der Waals surface area contributed by atoms with Crippen LogP contribution >= 0.6 is 23.2 Å². The van der Waals surface area contributed by atoms with E-state index in [1.54, 1.807) is 49.4 Å². The highest BCUT2D eigenvalue weighted by atomic mass is 35.5. The van der Waals surface area contributed by atoms with Crippen LogP contribution in [-0.4, -0.2) is 43.8 Å². The molecule has 1 fully saturated rings. The number of amides is 2. The molecule has 1 aliphatic rings. The standard InChI is InChI=1S/C32H37Cl2N3O4S/c1-3-29(32(39)35-27-10-5-4-6-11-27)36(21-24-13-15-25(33)16-14-24)31(38)22-37(30-12-8-7-9-23(30)2)42(40,41)28-19-17-26(34)18-20-28/h7-9,12-20,27,29H,3-6,10-11,21-22H2,1-2H3,(H,35,39). The van der Waals surface area contributed by atoms with Crippen LogP contribution in [0.2, 0.25) is 10.0 Å². The zero-order valence-corrected chi connectivity index (χ0v) is 26.3. The van der Waals surface area contributed by atoms with Crippen LogP contribution in [0.1, 0.15) is 56.6 Å². The molecule has 0 heterocycles. The average molecular weight is 631 g/mol. The molecule has 0 aliphatic heterocycles. The van der Waals surface area contributed by atoms with E-state index in [9.17, 15) is 18.0 Å². The Kier molecular flexibility index (Phi) is 10.9. The molecule has 2 amide bonds. The molecule has 7 nitrogen and oxygen atoms in total. The molecule has 1 aliphatic carbocycles. The molecule has 42 heavy (non-hydrogen) atoms. The van der Waals surface area contributed by atoms with Crippen molar-refractivity contribution in [2.75, 3.05) is 10.8 Å². The Morgan fingerprint density at radius 2 is 1.50 bits per heavy atom. The van der Waals surface area contributed by atoms with Crippen LogP contribution < -0.4 is 9.62 Å². The summed E-state index contributed by atoms with van der Waals surface area (Å²) >= 11 is 12.1. The normalized spacial score (nSPS) is 14.7. The molecule has 1 saturated carbocycles. The molecule has 10 heteroatoms. The minimum atomic E-state index is -4.17. The third kappa shape index (κ3) is 7.85. The zero-order chi connectivity index (χ0) is 30.3. The minimum Gasteiger partial charge on any atom is -0.352 e. The largest absolute Gasteiger partial charge is 0.352 e. The lowest BCUT2D eigenvalue weighted by atomic mass is 9.95. The third-order valence-electron chi connectivity index (χ3n) is 7.67. The number of anilines is 1. The topological polar surface area (TPSA) is 86.8 Å². The summed E-state index contributed by atoms with van der Waals surface area (Å²) in [6.07, 6.45) is 5.46. The van der Waals surface area contributed by atoms with Gasteiger partial charge < -0.3 is 10.2 Å². The number of carbonyl (C=O) groups excluding carboxylic acids is 2. The summed E-state index contributed by atoms with van der Waals surface area (Å²) in [7, 11) is -4.17. The minimum absolute atomic E-state index is 0.00860. The second-order valence-electron chi connectivity index (χ2n) is 10.7. The molecule has 1 unspecified atom stereocenters. The van der Waals surface area contributed by atoms with Gasteiger partial charge in [0.2, 0.25) is 11.8 Å². The molecular formula is C32H37Cl2N3O4S. The van der Waals surface area contributed by atoms with Gasteiger partial charge in [0, 0.05) is 22.6 Å². The fraction of sp³-hybridized carbons (Fsp3) is 0.375. The van der Waals surface area contributed by atoms with Crippen LogP contribution in [0.5, 0.6) is 0 Å². The van der Waals surface area contributed by atoms with Crippen LogP contribution in [0, 0.1) is 6.92 Å². The Balaban J connectivity index is 1.71. The second kappa shape index (κ2) is 14.4. The number of hydrogen-bond donors (Lipinski definition) is 1. The smallest absolute Gasteiger partial charge is 0.264 e. The molecule has 1 N–H and O–H groups in total. The number of hydrogen-bond acceptors (Lipinski definition) is 4. The van der Waals surface area contributed by atoms with Gasteiger partial charge in [-0.2, -0.15) is 0 Å². The summed E-state index contributed by atoms with van der Waals surface area (Å²) < 4.78 is 29.1. The van der Waals surface area contributed by atoms with E-state index < -0.39 is 28.5 Å². The van der Waals surface area contributed by atoms with E-state index in [4.69, 9.17) is 23.2 Å². The van der Waals surface area contributed by atoms with Crippen molar-refractivity contribution in [1.29, 1.82) is 0 Å². The Hall–Kier alpha value is -3.07. The summed E-state index contributed by atoms with van der Waals surface area (Å²) in [6, 6.07) is 19.2. The fourth-order valence-corrected chi connectivity index (χ4v) is 7.07. The molecular weight excluding hydrogens is 593 g/mol. The first kappa shape index (κ1) is 31.9. The summed E-state index contributed by atoms with van der Waals surface area (Å²) in [4.78, 5) is 29.4. The van der Waals surface area contributed by atoms with E-state index >= 15 is 0 Å². The van der Waals surface area contributed by atoms with Crippen LogP contribution in [-0.2, 0) is 26.2 Å². The molecule has 0 radical (unpaired) electrons. The molecule has 0 spiro atoms. The van der Waals surface area contributed by atoms with E-state index in [1.165, 1.54) is 29.2 Å². The molecule has 0 saturated heterocycles. The lowest BCUT2D eigenvalue weighted by Gasteiger charge is -2.34. The van der Waals surface area contributed by atoms with Crippen LogP contribution in [0.15, 0.2) is 77.7 Å². The van der Waals surface area contributed by atoms with Gasteiger partial charge in [-0.3, -0.25) is 13.9 Å². The lowest BCUT2D eigenvalue weighted by molar-refractivity contribution is -0.140. The van der Waals surface area contributed by atoms with Gasteiger partial charge in [0.05, 0.1) is 10.6 Å².